The number of aromatic nitrogens is 2. The summed E-state index contributed by atoms with van der Waals surface area (Å²) in [5.74, 6) is 0.574. The monoisotopic (exact) mass is 410 g/mol. The Balaban J connectivity index is 2.67. The molecule has 0 saturated heterocycles. The number of carbonyl (C=O) groups excluding carboxylic acids is 1. The lowest BCUT2D eigenvalue weighted by atomic mass is 9.85. The summed E-state index contributed by atoms with van der Waals surface area (Å²) < 4.78 is 23.2. The van der Waals surface area contributed by atoms with E-state index in [0.29, 0.717) is 28.6 Å². The van der Waals surface area contributed by atoms with Gasteiger partial charge in [0.15, 0.2) is 11.5 Å². The van der Waals surface area contributed by atoms with Crippen molar-refractivity contribution in [1.29, 1.82) is 0 Å². The zero-order valence-corrected chi connectivity index (χ0v) is 17.9. The van der Waals surface area contributed by atoms with Gasteiger partial charge in [0, 0.05) is 16.9 Å². The van der Waals surface area contributed by atoms with Gasteiger partial charge in [0.1, 0.15) is 18.0 Å². The van der Waals surface area contributed by atoms with Crippen LogP contribution in [0, 0.1) is 5.41 Å². The molecule has 8 nitrogen and oxygen atoms in total. The molecule has 0 radical (unpaired) electrons. The minimum absolute atomic E-state index is 0.00317. The molecule has 0 aliphatic rings. The molecule has 0 fully saturated rings. The van der Waals surface area contributed by atoms with Gasteiger partial charge < -0.3 is 9.26 Å². The van der Waals surface area contributed by atoms with E-state index in [9.17, 15) is 19.1 Å². The van der Waals surface area contributed by atoms with Crippen LogP contribution in [0.1, 0.15) is 46.7 Å². The number of benzene rings is 1. The average molecular weight is 410 g/mol. The Kier molecular flexibility index (Phi) is 6.38. The Morgan fingerprint density at radius 3 is 2.43 bits per heavy atom. The van der Waals surface area contributed by atoms with Crippen molar-refractivity contribution in [2.75, 3.05) is 7.11 Å². The number of ketones is 1. The van der Waals surface area contributed by atoms with E-state index in [-0.39, 0.29) is 23.8 Å². The van der Waals surface area contributed by atoms with Gasteiger partial charge in [-0.05, 0) is 38.0 Å². The van der Waals surface area contributed by atoms with E-state index in [2.05, 4.69) is 5.10 Å². The minimum atomic E-state index is -4.78. The second kappa shape index (κ2) is 8.07. The highest BCUT2D eigenvalue weighted by atomic mass is 31.2. The van der Waals surface area contributed by atoms with Crippen LogP contribution in [0.3, 0.4) is 0 Å². The molecule has 0 saturated carbocycles. The van der Waals surface area contributed by atoms with Gasteiger partial charge in [-0.1, -0.05) is 20.8 Å². The van der Waals surface area contributed by atoms with Crippen molar-refractivity contribution in [3.63, 3.8) is 0 Å². The van der Waals surface area contributed by atoms with E-state index in [4.69, 9.17) is 9.26 Å². The molecule has 0 spiro atoms. The number of nitrogens with zero attached hydrogens (tertiary/aromatic N) is 2. The predicted octanol–water partition coefficient (Wildman–Crippen LogP) is 3.91. The third kappa shape index (κ3) is 4.82. The van der Waals surface area contributed by atoms with Crippen LogP contribution in [0.25, 0.3) is 16.7 Å². The van der Waals surface area contributed by atoms with Crippen LogP contribution < -0.4 is 4.74 Å². The molecule has 0 aliphatic carbocycles. The van der Waals surface area contributed by atoms with E-state index in [1.165, 1.54) is 11.8 Å². The van der Waals surface area contributed by atoms with Crippen LogP contribution in [0.5, 0.6) is 5.75 Å². The summed E-state index contributed by atoms with van der Waals surface area (Å²) in [7, 11) is -3.25. The first-order chi connectivity index (χ1) is 12.9. The number of ether oxygens (including phenoxy) is 1. The molecule has 1 aromatic carbocycles. The van der Waals surface area contributed by atoms with Gasteiger partial charge in [-0.25, -0.2) is 4.57 Å². The fourth-order valence-electron chi connectivity index (χ4n) is 2.61. The highest BCUT2D eigenvalue weighted by Gasteiger charge is 2.28. The van der Waals surface area contributed by atoms with Crippen molar-refractivity contribution in [2.24, 2.45) is 5.41 Å². The predicted molar refractivity (Wildman–Crippen MR) is 107 cm³/mol. The number of carbonyl (C=O) groups is 1. The molecule has 9 heteroatoms. The van der Waals surface area contributed by atoms with Crippen LogP contribution >= 0.6 is 7.82 Å². The van der Waals surface area contributed by atoms with Gasteiger partial charge in [-0.15, -0.1) is 0 Å². The first-order valence-corrected chi connectivity index (χ1v) is 10.4. The number of Topliss-reactive ketones (excluding diaryl/α,β-unsaturated/α-hetero) is 1. The van der Waals surface area contributed by atoms with E-state index in [0.717, 1.165) is 0 Å². The fourth-order valence-corrected chi connectivity index (χ4v) is 3.11. The van der Waals surface area contributed by atoms with Gasteiger partial charge >= 0.3 is 7.82 Å². The molecule has 0 bridgehead atoms. The standard InChI is InChI=1S/C19H27N2O6P/c1-7-19(4,5)16(22)11-21-15-10-13(26-6)8-9-14(15)17(20-21)18(12(2)3)27-28(23,24)25/h8-10H,7,11H2,1-6H3,(H2,23,24,25). The smallest absolute Gasteiger partial charge is 0.497 e. The number of phosphoric ester groups is 1. The van der Waals surface area contributed by atoms with Gasteiger partial charge in [-0.2, -0.15) is 5.10 Å². The minimum Gasteiger partial charge on any atom is -0.497 e. The number of rotatable bonds is 8. The molecular weight excluding hydrogens is 383 g/mol. The summed E-state index contributed by atoms with van der Waals surface area (Å²) in [5, 5.41) is 5.08. The number of allylic oxidation sites excluding steroid dienone is 1. The second-order valence-electron chi connectivity index (χ2n) is 7.46. The fraction of sp³-hybridized carbons (Fsp3) is 0.474. The lowest BCUT2D eigenvalue weighted by Crippen LogP contribution is -2.27. The average Bonchev–Trinajstić information content (AvgIpc) is 2.96. The lowest BCUT2D eigenvalue weighted by Gasteiger charge is -2.20. The molecule has 0 unspecified atom stereocenters. The van der Waals surface area contributed by atoms with E-state index >= 15 is 0 Å². The summed E-state index contributed by atoms with van der Waals surface area (Å²) in [6, 6.07) is 5.18. The highest BCUT2D eigenvalue weighted by molar-refractivity contribution is 7.46. The van der Waals surface area contributed by atoms with Crippen LogP contribution in [-0.4, -0.2) is 32.5 Å². The Bertz CT molecular complexity index is 966. The number of fused-ring (bicyclic) bond motifs is 1. The Labute approximate surface area is 164 Å². The summed E-state index contributed by atoms with van der Waals surface area (Å²) in [6.45, 7) is 9.07. The van der Waals surface area contributed by atoms with Crippen LogP contribution in [0.15, 0.2) is 23.8 Å². The van der Waals surface area contributed by atoms with Gasteiger partial charge in [0.25, 0.3) is 0 Å². The molecule has 28 heavy (non-hydrogen) atoms. The SMILES string of the molecule is CCC(C)(C)C(=O)Cn1nc(C(OP(=O)(O)O)=C(C)C)c2ccc(OC)cc21. The lowest BCUT2D eigenvalue weighted by molar-refractivity contribution is -0.128. The number of phosphoric acid groups is 1. The first kappa shape index (κ1) is 22.1. The van der Waals surface area contributed by atoms with Crippen LogP contribution in [-0.2, 0) is 20.4 Å². The molecule has 2 aromatic rings. The molecule has 1 aromatic heterocycles. The maximum absolute atomic E-state index is 12.7. The van der Waals surface area contributed by atoms with Crippen LogP contribution in [0.2, 0.25) is 0 Å². The number of methoxy groups -OCH3 is 1. The molecule has 0 aliphatic heterocycles. The number of hydrogen-bond donors (Lipinski definition) is 2. The summed E-state index contributed by atoms with van der Waals surface area (Å²) in [6.07, 6.45) is 0.682. The van der Waals surface area contributed by atoms with Crippen molar-refractivity contribution in [1.82, 2.24) is 9.78 Å². The van der Waals surface area contributed by atoms with Crippen molar-refractivity contribution in [3.05, 3.63) is 29.5 Å². The Morgan fingerprint density at radius 2 is 1.93 bits per heavy atom. The van der Waals surface area contributed by atoms with Gasteiger partial charge in [0.05, 0.1) is 12.6 Å². The zero-order valence-electron chi connectivity index (χ0n) is 17.0. The summed E-state index contributed by atoms with van der Waals surface area (Å²) >= 11 is 0. The van der Waals surface area contributed by atoms with Crippen molar-refractivity contribution < 1.29 is 28.4 Å². The third-order valence-corrected chi connectivity index (χ3v) is 5.19. The van der Waals surface area contributed by atoms with Crippen molar-refractivity contribution >= 4 is 30.3 Å². The first-order valence-electron chi connectivity index (χ1n) is 8.90. The third-order valence-electron chi connectivity index (χ3n) is 4.77. The van der Waals surface area contributed by atoms with Gasteiger partial charge in [0.2, 0.25) is 0 Å². The molecule has 2 rings (SSSR count). The molecule has 0 atom stereocenters. The molecule has 1 heterocycles. The molecule has 154 valence electrons. The van der Waals surface area contributed by atoms with E-state index in [1.807, 2.05) is 20.8 Å². The normalized spacial score (nSPS) is 12.1. The van der Waals surface area contributed by atoms with E-state index < -0.39 is 13.2 Å². The second-order valence-corrected chi connectivity index (χ2v) is 8.62. The molecule has 2 N–H and O–H groups in total. The van der Waals surface area contributed by atoms with Crippen molar-refractivity contribution in [3.8, 4) is 5.75 Å². The molecular formula is C19H27N2O6P. The zero-order chi connectivity index (χ0) is 21.3. The highest BCUT2D eigenvalue weighted by Crippen LogP contribution is 2.44. The maximum atomic E-state index is 12.7. The number of hydrogen-bond acceptors (Lipinski definition) is 5. The largest absolute Gasteiger partial charge is 0.524 e. The Hall–Kier alpha value is -2.15. The van der Waals surface area contributed by atoms with Crippen molar-refractivity contribution in [2.45, 2.75) is 47.6 Å². The Morgan fingerprint density at radius 1 is 1.29 bits per heavy atom. The quantitative estimate of drug-likeness (QED) is 0.501. The molecule has 0 amide bonds. The van der Waals surface area contributed by atoms with Crippen LogP contribution in [0.4, 0.5) is 0 Å². The maximum Gasteiger partial charge on any atom is 0.524 e. The summed E-state index contributed by atoms with van der Waals surface area (Å²) in [5.41, 5.74) is 0.913. The topological polar surface area (TPSA) is 111 Å². The van der Waals surface area contributed by atoms with E-state index in [1.54, 1.807) is 32.0 Å². The summed E-state index contributed by atoms with van der Waals surface area (Å²) in [4.78, 5) is 31.3. The van der Waals surface area contributed by atoms with Gasteiger partial charge in [-0.3, -0.25) is 19.3 Å².